The number of fused-ring (bicyclic) bond motifs is 2. The van der Waals surface area contributed by atoms with Gasteiger partial charge in [-0.1, -0.05) is 72.8 Å². The maximum atomic E-state index is 12.4. The van der Waals surface area contributed by atoms with Gasteiger partial charge in [-0.3, -0.25) is 4.79 Å². The molecule has 0 saturated heterocycles. The average molecular weight is 341 g/mol. The second-order valence-electron chi connectivity index (χ2n) is 6.40. The van der Waals surface area contributed by atoms with E-state index < -0.39 is 0 Å². The maximum Gasteiger partial charge on any atom is 0.224 e. The van der Waals surface area contributed by atoms with Crippen LogP contribution in [0.5, 0.6) is 5.75 Å². The lowest BCUT2D eigenvalue weighted by atomic mass is 10.0. The Morgan fingerprint density at radius 2 is 1.42 bits per heavy atom. The number of carbonyl (C=O) groups is 1. The van der Waals surface area contributed by atoms with Gasteiger partial charge in [0, 0.05) is 23.3 Å². The van der Waals surface area contributed by atoms with Crippen LogP contribution in [-0.4, -0.2) is 11.0 Å². The molecule has 128 valence electrons. The standard InChI is InChI=1S/C23H19NO2/c1-16(25)24(22-12-6-9-17-7-2-4-10-20(17)22)15-19-14-13-18-8-3-5-11-21(18)23(19)26/h2-14,26H,15H2,1H3. The quantitative estimate of drug-likeness (QED) is 0.553. The van der Waals surface area contributed by atoms with E-state index in [2.05, 4.69) is 0 Å². The first-order chi connectivity index (χ1) is 12.6. The van der Waals surface area contributed by atoms with Crippen molar-refractivity contribution in [3.05, 3.63) is 84.4 Å². The highest BCUT2D eigenvalue weighted by molar-refractivity contribution is 6.03. The van der Waals surface area contributed by atoms with Crippen LogP contribution in [0.1, 0.15) is 12.5 Å². The zero-order chi connectivity index (χ0) is 18.1. The molecule has 0 aromatic heterocycles. The van der Waals surface area contributed by atoms with Gasteiger partial charge in [-0.2, -0.15) is 0 Å². The first-order valence-corrected chi connectivity index (χ1v) is 8.60. The first kappa shape index (κ1) is 16.2. The zero-order valence-corrected chi connectivity index (χ0v) is 14.5. The van der Waals surface area contributed by atoms with Crippen LogP contribution in [-0.2, 0) is 11.3 Å². The third kappa shape index (κ3) is 2.78. The van der Waals surface area contributed by atoms with E-state index in [0.29, 0.717) is 6.54 Å². The Balaban J connectivity index is 1.81. The smallest absolute Gasteiger partial charge is 0.224 e. The minimum absolute atomic E-state index is 0.0612. The normalized spacial score (nSPS) is 11.0. The van der Waals surface area contributed by atoms with Crippen molar-refractivity contribution >= 4 is 33.1 Å². The molecule has 4 rings (SSSR count). The van der Waals surface area contributed by atoms with Crippen molar-refractivity contribution in [3.63, 3.8) is 0 Å². The summed E-state index contributed by atoms with van der Waals surface area (Å²) in [5.74, 6) is 0.170. The molecule has 0 radical (unpaired) electrons. The van der Waals surface area contributed by atoms with E-state index in [1.54, 1.807) is 11.8 Å². The predicted molar refractivity (Wildman–Crippen MR) is 106 cm³/mol. The molecule has 0 unspecified atom stereocenters. The largest absolute Gasteiger partial charge is 0.507 e. The molecular formula is C23H19NO2. The molecule has 1 N–H and O–H groups in total. The van der Waals surface area contributed by atoms with E-state index in [0.717, 1.165) is 32.8 Å². The molecule has 0 spiro atoms. The van der Waals surface area contributed by atoms with Gasteiger partial charge in [-0.05, 0) is 16.8 Å². The first-order valence-electron chi connectivity index (χ1n) is 8.60. The molecule has 0 atom stereocenters. The molecule has 3 nitrogen and oxygen atoms in total. The van der Waals surface area contributed by atoms with Crippen molar-refractivity contribution in [2.75, 3.05) is 4.90 Å². The lowest BCUT2D eigenvalue weighted by Crippen LogP contribution is -2.28. The Morgan fingerprint density at radius 3 is 2.15 bits per heavy atom. The summed E-state index contributed by atoms with van der Waals surface area (Å²) in [7, 11) is 0. The molecule has 0 aliphatic heterocycles. The number of hydrogen-bond donors (Lipinski definition) is 1. The van der Waals surface area contributed by atoms with Gasteiger partial charge < -0.3 is 10.0 Å². The van der Waals surface area contributed by atoms with Gasteiger partial charge in [0.1, 0.15) is 5.75 Å². The summed E-state index contributed by atoms with van der Waals surface area (Å²) in [6.07, 6.45) is 0. The molecule has 0 bridgehead atoms. The fraction of sp³-hybridized carbons (Fsp3) is 0.0870. The number of rotatable bonds is 3. The molecule has 0 heterocycles. The van der Waals surface area contributed by atoms with Crippen molar-refractivity contribution in [3.8, 4) is 5.75 Å². The highest BCUT2D eigenvalue weighted by Crippen LogP contribution is 2.33. The molecule has 0 aliphatic rings. The molecule has 1 amide bonds. The Kier molecular flexibility index (Phi) is 4.05. The van der Waals surface area contributed by atoms with E-state index in [1.165, 1.54) is 0 Å². The minimum atomic E-state index is -0.0612. The molecule has 0 saturated carbocycles. The number of nitrogens with zero attached hydrogens (tertiary/aromatic N) is 1. The lowest BCUT2D eigenvalue weighted by Gasteiger charge is -2.24. The summed E-state index contributed by atoms with van der Waals surface area (Å²) in [5.41, 5.74) is 1.58. The van der Waals surface area contributed by atoms with Crippen molar-refractivity contribution in [2.24, 2.45) is 0 Å². The van der Waals surface area contributed by atoms with Crippen LogP contribution in [0.25, 0.3) is 21.5 Å². The van der Waals surface area contributed by atoms with Crippen molar-refractivity contribution in [2.45, 2.75) is 13.5 Å². The van der Waals surface area contributed by atoms with E-state index in [1.807, 2.05) is 78.9 Å². The van der Waals surface area contributed by atoms with Crippen LogP contribution >= 0.6 is 0 Å². The van der Waals surface area contributed by atoms with E-state index >= 15 is 0 Å². The SMILES string of the molecule is CC(=O)N(Cc1ccc2ccccc2c1O)c1cccc2ccccc12. The number of phenols is 1. The predicted octanol–water partition coefficient (Wildman–Crippen LogP) is 5.25. The van der Waals surface area contributed by atoms with E-state index in [9.17, 15) is 9.90 Å². The number of hydrogen-bond acceptors (Lipinski definition) is 2. The summed E-state index contributed by atoms with van der Waals surface area (Å²) in [4.78, 5) is 14.1. The fourth-order valence-electron chi connectivity index (χ4n) is 3.41. The molecule has 4 aromatic rings. The number of anilines is 1. The summed E-state index contributed by atoms with van der Waals surface area (Å²) >= 11 is 0. The summed E-state index contributed by atoms with van der Waals surface area (Å²) in [6, 6.07) is 25.5. The number of benzene rings is 4. The Morgan fingerprint density at radius 1 is 0.808 bits per heavy atom. The van der Waals surface area contributed by atoms with Crippen molar-refractivity contribution in [1.82, 2.24) is 0 Å². The Bertz CT molecular complexity index is 1110. The van der Waals surface area contributed by atoms with Crippen LogP contribution in [0.3, 0.4) is 0 Å². The molecule has 0 fully saturated rings. The minimum Gasteiger partial charge on any atom is -0.507 e. The third-order valence-electron chi connectivity index (χ3n) is 4.75. The lowest BCUT2D eigenvalue weighted by molar-refractivity contribution is -0.116. The van der Waals surface area contributed by atoms with E-state index in [-0.39, 0.29) is 11.7 Å². The Labute approximate surface area is 152 Å². The second kappa shape index (κ2) is 6.52. The van der Waals surface area contributed by atoms with Gasteiger partial charge in [0.15, 0.2) is 0 Å². The molecular weight excluding hydrogens is 322 g/mol. The summed E-state index contributed by atoms with van der Waals surface area (Å²) < 4.78 is 0. The number of aromatic hydroxyl groups is 1. The van der Waals surface area contributed by atoms with Crippen LogP contribution in [0.15, 0.2) is 78.9 Å². The van der Waals surface area contributed by atoms with Crippen LogP contribution in [0.4, 0.5) is 5.69 Å². The van der Waals surface area contributed by atoms with E-state index in [4.69, 9.17) is 0 Å². The second-order valence-corrected chi connectivity index (χ2v) is 6.40. The average Bonchev–Trinajstić information content (AvgIpc) is 2.67. The van der Waals surface area contributed by atoms with Gasteiger partial charge in [-0.25, -0.2) is 0 Å². The van der Waals surface area contributed by atoms with Crippen molar-refractivity contribution in [1.29, 1.82) is 0 Å². The van der Waals surface area contributed by atoms with Crippen LogP contribution in [0.2, 0.25) is 0 Å². The molecule has 26 heavy (non-hydrogen) atoms. The summed E-state index contributed by atoms with van der Waals surface area (Å²) in [6.45, 7) is 1.87. The Hall–Kier alpha value is -3.33. The van der Waals surface area contributed by atoms with Crippen LogP contribution in [0, 0.1) is 0 Å². The summed E-state index contributed by atoms with van der Waals surface area (Å²) in [5, 5.41) is 14.6. The van der Waals surface area contributed by atoms with Gasteiger partial charge in [0.25, 0.3) is 0 Å². The monoisotopic (exact) mass is 341 g/mol. The highest BCUT2D eigenvalue weighted by atomic mass is 16.3. The molecule has 0 aliphatic carbocycles. The molecule has 3 heteroatoms. The third-order valence-corrected chi connectivity index (χ3v) is 4.75. The molecule has 4 aromatic carbocycles. The topological polar surface area (TPSA) is 40.5 Å². The van der Waals surface area contributed by atoms with Gasteiger partial charge in [0.2, 0.25) is 5.91 Å². The van der Waals surface area contributed by atoms with Gasteiger partial charge in [-0.15, -0.1) is 0 Å². The number of carbonyl (C=O) groups excluding carboxylic acids is 1. The van der Waals surface area contributed by atoms with Crippen LogP contribution < -0.4 is 4.90 Å². The van der Waals surface area contributed by atoms with Gasteiger partial charge in [0.05, 0.1) is 12.2 Å². The maximum absolute atomic E-state index is 12.4. The number of amides is 1. The fourth-order valence-corrected chi connectivity index (χ4v) is 3.41. The highest BCUT2D eigenvalue weighted by Gasteiger charge is 2.17. The number of phenolic OH excluding ortho intramolecular Hbond substituents is 1. The van der Waals surface area contributed by atoms with Gasteiger partial charge >= 0.3 is 0 Å². The zero-order valence-electron chi connectivity index (χ0n) is 14.5. The van der Waals surface area contributed by atoms with Crippen molar-refractivity contribution < 1.29 is 9.90 Å².